The molecule has 12 heteroatoms. The third-order valence-corrected chi connectivity index (χ3v) is 6.68. The number of rotatable bonds is 13. The van der Waals surface area contributed by atoms with Gasteiger partial charge >= 0.3 is 6.18 Å². The number of hydrogen-bond acceptors (Lipinski definition) is 9. The minimum Gasteiger partial charge on any atom is -0.398 e. The first kappa shape index (κ1) is 29.5. The van der Waals surface area contributed by atoms with Gasteiger partial charge < -0.3 is 31.7 Å². The third kappa shape index (κ3) is 8.50. The van der Waals surface area contributed by atoms with Crippen LogP contribution in [0.4, 0.5) is 36.3 Å². The van der Waals surface area contributed by atoms with Crippen LogP contribution in [0.3, 0.4) is 0 Å². The van der Waals surface area contributed by atoms with Crippen molar-refractivity contribution in [1.29, 1.82) is 10.8 Å². The van der Waals surface area contributed by atoms with Gasteiger partial charge in [-0.2, -0.15) is 18.2 Å². The van der Waals surface area contributed by atoms with E-state index in [0.717, 1.165) is 37.6 Å². The van der Waals surface area contributed by atoms with Crippen LogP contribution in [0.15, 0.2) is 63.8 Å². The minimum atomic E-state index is -4.12. The van der Waals surface area contributed by atoms with E-state index >= 15 is 0 Å². The van der Waals surface area contributed by atoms with Crippen molar-refractivity contribution in [2.75, 3.05) is 16.4 Å². The van der Waals surface area contributed by atoms with Gasteiger partial charge in [0.25, 0.3) is 11.8 Å². The molecule has 1 aliphatic rings. The van der Waals surface area contributed by atoms with Crippen LogP contribution in [0.5, 0.6) is 0 Å². The number of allylic oxidation sites excluding steroid dienone is 3. The van der Waals surface area contributed by atoms with Gasteiger partial charge in [0.05, 0.1) is 0 Å². The first-order valence-electron chi connectivity index (χ1n) is 13.5. The average Bonchev–Trinajstić information content (AvgIpc) is 3.65. The van der Waals surface area contributed by atoms with Crippen LogP contribution >= 0.6 is 0 Å². The Morgan fingerprint density at radius 3 is 2.59 bits per heavy atom. The smallest absolute Gasteiger partial charge is 0.389 e. The normalized spacial score (nSPS) is 13.7. The number of nitrogens with two attached hydrogens (primary N) is 1. The van der Waals surface area contributed by atoms with Crippen molar-refractivity contribution in [3.05, 3.63) is 64.9 Å². The first-order valence-corrected chi connectivity index (χ1v) is 13.5. The summed E-state index contributed by atoms with van der Waals surface area (Å²) in [7, 11) is 0. The van der Waals surface area contributed by atoms with E-state index in [1.165, 1.54) is 11.8 Å². The Kier molecular flexibility index (Phi) is 9.88. The summed E-state index contributed by atoms with van der Waals surface area (Å²) in [4.78, 5) is 9.03. The molecule has 216 valence electrons. The second kappa shape index (κ2) is 13.7. The molecule has 0 spiro atoms. The van der Waals surface area contributed by atoms with Gasteiger partial charge in [-0.25, -0.2) is 4.98 Å². The van der Waals surface area contributed by atoms with E-state index in [1.807, 2.05) is 12.1 Å². The van der Waals surface area contributed by atoms with E-state index < -0.39 is 12.6 Å². The Bertz CT molecular complexity index is 1420. The summed E-state index contributed by atoms with van der Waals surface area (Å²) < 4.78 is 42.7. The number of benzene rings is 1. The van der Waals surface area contributed by atoms with E-state index in [4.69, 9.17) is 21.1 Å². The predicted octanol–water partition coefficient (Wildman–Crippen LogP) is 7.78. The van der Waals surface area contributed by atoms with Crippen molar-refractivity contribution in [1.82, 2.24) is 15.1 Å². The monoisotopic (exact) mass is 566 g/mol. The molecule has 6 N–H and O–H groups in total. The van der Waals surface area contributed by atoms with Gasteiger partial charge in [-0.1, -0.05) is 18.6 Å². The molecule has 1 aliphatic carbocycles. The third-order valence-electron chi connectivity index (χ3n) is 6.68. The number of pyridine rings is 1. The van der Waals surface area contributed by atoms with Crippen LogP contribution in [-0.4, -0.2) is 33.7 Å². The maximum absolute atomic E-state index is 12.4. The summed E-state index contributed by atoms with van der Waals surface area (Å²) in [6, 6.07) is 10.5. The van der Waals surface area contributed by atoms with Gasteiger partial charge in [-0.3, -0.25) is 0 Å². The molecule has 0 unspecified atom stereocenters. The number of unbranched alkanes of at least 4 members (excludes halogenated alkanes) is 3. The molecule has 2 aromatic heterocycles. The number of anilines is 4. The van der Waals surface area contributed by atoms with Crippen molar-refractivity contribution in [2.45, 2.75) is 64.0 Å². The van der Waals surface area contributed by atoms with E-state index in [2.05, 4.69) is 25.8 Å². The molecule has 4 rings (SSSR count). The molecule has 9 nitrogen and oxygen atoms in total. The van der Waals surface area contributed by atoms with Gasteiger partial charge in [-0.15, -0.1) is 0 Å². The summed E-state index contributed by atoms with van der Waals surface area (Å²) >= 11 is 0. The van der Waals surface area contributed by atoms with Crippen molar-refractivity contribution in [3.63, 3.8) is 0 Å². The molecule has 1 fully saturated rings. The highest BCUT2D eigenvalue weighted by molar-refractivity contribution is 5.87. The zero-order chi connectivity index (χ0) is 29.2. The highest BCUT2D eigenvalue weighted by Crippen LogP contribution is 2.31. The van der Waals surface area contributed by atoms with Crippen LogP contribution < -0.4 is 16.4 Å². The van der Waals surface area contributed by atoms with Gasteiger partial charge in [0.1, 0.15) is 11.5 Å². The molecular formula is C29H33F3N8O. The Hall–Kier alpha value is -4.48. The summed E-state index contributed by atoms with van der Waals surface area (Å²) in [6.45, 7) is 0. The van der Waals surface area contributed by atoms with E-state index in [1.54, 1.807) is 30.3 Å². The van der Waals surface area contributed by atoms with E-state index in [-0.39, 0.29) is 18.3 Å². The van der Waals surface area contributed by atoms with Crippen LogP contribution in [0.25, 0.3) is 11.6 Å². The lowest BCUT2D eigenvalue weighted by molar-refractivity contribution is -0.135. The number of halogens is 3. The second-order valence-corrected chi connectivity index (χ2v) is 9.77. The SMILES string of the molecule is N=C/C(=C\CCCCCC(F)(F)F)C(Nc1cccc(-c2nc(Nc3ccc(N)c(C=N)c3)no2)n1)=C1CCCC1. The fourth-order valence-electron chi connectivity index (χ4n) is 4.59. The number of nitrogen functional groups attached to an aromatic ring is 1. The zero-order valence-electron chi connectivity index (χ0n) is 22.5. The standard InChI is InChI=1S/C29H33F3N8O/c30-29(31,32)15-6-2-1-3-10-20(17-33)26(19-8-4-5-9-19)38-25-12-7-11-24(37-25)27-39-28(40-41-27)36-22-13-14-23(35)21(16-22)18-34/h7,10-14,16-18,33-34H,1-6,8-9,15,35H2,(H,36,40)(H,37,38)/b20-10+,33-17?,34-18?. The van der Waals surface area contributed by atoms with Gasteiger partial charge in [0.2, 0.25) is 0 Å². The van der Waals surface area contributed by atoms with Crippen molar-refractivity contribution < 1.29 is 17.7 Å². The molecule has 2 heterocycles. The highest BCUT2D eigenvalue weighted by Gasteiger charge is 2.25. The van der Waals surface area contributed by atoms with Crippen LogP contribution in [0.2, 0.25) is 0 Å². The molecular weight excluding hydrogens is 533 g/mol. The lowest BCUT2D eigenvalue weighted by atomic mass is 10.0. The quantitative estimate of drug-likeness (QED) is 0.0805. The van der Waals surface area contributed by atoms with Crippen LogP contribution in [0, 0.1) is 10.8 Å². The Labute approximate surface area is 236 Å². The van der Waals surface area contributed by atoms with Crippen molar-refractivity contribution >= 4 is 35.6 Å². The Morgan fingerprint density at radius 1 is 1.05 bits per heavy atom. The van der Waals surface area contributed by atoms with Gasteiger partial charge in [0, 0.05) is 47.1 Å². The largest absolute Gasteiger partial charge is 0.398 e. The summed E-state index contributed by atoms with van der Waals surface area (Å²) in [5.41, 5.74) is 10.7. The van der Waals surface area contributed by atoms with Crippen molar-refractivity contribution in [3.8, 4) is 11.6 Å². The predicted molar refractivity (Wildman–Crippen MR) is 155 cm³/mol. The Balaban J connectivity index is 1.47. The lowest BCUT2D eigenvalue weighted by Crippen LogP contribution is -2.08. The number of hydrogen-bond donors (Lipinski definition) is 5. The fourth-order valence-corrected chi connectivity index (χ4v) is 4.59. The molecule has 0 radical (unpaired) electrons. The van der Waals surface area contributed by atoms with Gasteiger partial charge in [0.15, 0.2) is 0 Å². The number of nitrogens with zero attached hydrogens (tertiary/aromatic N) is 3. The molecule has 0 amide bonds. The molecule has 1 saturated carbocycles. The van der Waals surface area contributed by atoms with Crippen LogP contribution in [0.1, 0.15) is 63.4 Å². The summed E-state index contributed by atoms with van der Waals surface area (Å²) in [6.07, 6.45) is 5.19. The molecule has 3 aromatic rings. The molecule has 41 heavy (non-hydrogen) atoms. The number of aromatic nitrogens is 3. The minimum absolute atomic E-state index is 0.109. The van der Waals surface area contributed by atoms with Crippen LogP contribution in [-0.2, 0) is 0 Å². The molecule has 0 aliphatic heterocycles. The van der Waals surface area contributed by atoms with Gasteiger partial charge in [-0.05, 0) is 86.0 Å². The lowest BCUT2D eigenvalue weighted by Gasteiger charge is -2.15. The molecule has 1 aromatic carbocycles. The molecule has 0 saturated heterocycles. The zero-order valence-corrected chi connectivity index (χ0v) is 22.5. The molecule has 0 bridgehead atoms. The summed E-state index contributed by atoms with van der Waals surface area (Å²) in [5.74, 6) is 0.964. The molecule has 0 atom stereocenters. The first-order chi connectivity index (χ1) is 19.8. The number of alkyl halides is 3. The highest BCUT2D eigenvalue weighted by atomic mass is 19.4. The Morgan fingerprint density at radius 2 is 1.85 bits per heavy atom. The van der Waals surface area contributed by atoms with Crippen molar-refractivity contribution in [2.24, 2.45) is 0 Å². The maximum atomic E-state index is 12.4. The second-order valence-electron chi connectivity index (χ2n) is 9.77. The fraction of sp³-hybridized carbons (Fsp3) is 0.345. The number of nitrogens with one attached hydrogen (secondary N) is 4. The average molecular weight is 567 g/mol. The maximum Gasteiger partial charge on any atom is 0.389 e. The summed E-state index contributed by atoms with van der Waals surface area (Å²) in [5, 5.41) is 25.9. The topological polar surface area (TPSA) is 150 Å². The van der Waals surface area contributed by atoms with E-state index in [0.29, 0.717) is 53.3 Å². The van der Waals surface area contributed by atoms with E-state index in [9.17, 15) is 13.2 Å².